The summed E-state index contributed by atoms with van der Waals surface area (Å²) in [6.45, 7) is 5.63. The van der Waals surface area contributed by atoms with Crippen molar-refractivity contribution in [3.05, 3.63) is 120 Å². The number of fused-ring (bicyclic) bond motifs is 4. The highest BCUT2D eigenvalue weighted by Crippen LogP contribution is 2.28. The van der Waals surface area contributed by atoms with Gasteiger partial charge in [0.25, 0.3) is 0 Å². The molecule has 46 heteroatoms. The minimum atomic E-state index is -1.91. The molecule has 6 aromatic rings. The van der Waals surface area contributed by atoms with Crippen LogP contribution >= 0.6 is 11.8 Å². The summed E-state index contributed by atoms with van der Waals surface area (Å²) >= 11 is 0.745. The Labute approximate surface area is 801 Å². The second-order valence-electron chi connectivity index (χ2n) is 35.5. The number of carbonyl (C=O) groups is 17. The van der Waals surface area contributed by atoms with E-state index in [-0.39, 0.29) is 88.1 Å². The smallest absolute Gasteiger partial charge is 0.246 e. The monoisotopic (exact) mass is 1940 g/mol. The van der Waals surface area contributed by atoms with Crippen LogP contribution in [0.1, 0.15) is 140 Å². The van der Waals surface area contributed by atoms with Crippen molar-refractivity contribution in [1.29, 1.82) is 5.41 Å². The molecule has 25 N–H and O–H groups in total. The van der Waals surface area contributed by atoms with Crippen LogP contribution < -0.4 is 75.7 Å². The molecule has 0 aliphatic carbocycles. The molecule has 3 aliphatic heterocycles. The number of imidazole rings is 1. The number of aromatic amines is 3. The van der Waals surface area contributed by atoms with E-state index in [1.165, 1.54) is 64.9 Å². The molecule has 138 heavy (non-hydrogen) atoms. The highest BCUT2D eigenvalue weighted by Gasteiger charge is 2.48. The van der Waals surface area contributed by atoms with Crippen LogP contribution in [0.3, 0.4) is 0 Å². The van der Waals surface area contributed by atoms with Crippen LogP contribution in [0.25, 0.3) is 21.8 Å². The number of nitrogens with one attached hydrogen (secondary N) is 15. The summed E-state index contributed by atoms with van der Waals surface area (Å²) in [6, 6.07) is -3.10. The lowest BCUT2D eigenvalue weighted by Crippen LogP contribution is -2.62. The Morgan fingerprint density at radius 2 is 1.02 bits per heavy atom. The number of thioether (sulfide) groups is 1. The first kappa shape index (κ1) is 108. The Kier molecular flexibility index (Phi) is 40.2. The number of phenolic OH excluding ortho intramolecular Hbond substituents is 1. The maximum Gasteiger partial charge on any atom is 0.246 e. The number of aromatic nitrogens is 4. The number of hydrogen-bond acceptors (Lipinski definition) is 24. The van der Waals surface area contributed by atoms with Crippen LogP contribution in [-0.4, -0.2) is 333 Å². The zero-order valence-electron chi connectivity index (χ0n) is 78.6. The molecule has 3 aromatic carbocycles. The molecule has 0 spiro atoms. The van der Waals surface area contributed by atoms with Crippen molar-refractivity contribution in [3.63, 3.8) is 0 Å². The molecule has 17 amide bonds. The predicted molar refractivity (Wildman–Crippen MR) is 506 cm³/mol. The van der Waals surface area contributed by atoms with Gasteiger partial charge in [-0.25, -0.2) is 4.98 Å². The van der Waals surface area contributed by atoms with Crippen molar-refractivity contribution in [2.24, 2.45) is 23.1 Å². The van der Waals surface area contributed by atoms with Crippen LogP contribution in [0.4, 0.5) is 0 Å². The number of benzene rings is 3. The Balaban J connectivity index is 1.11. The van der Waals surface area contributed by atoms with Crippen LogP contribution in [-0.2, 0) is 107 Å². The molecule has 3 aromatic heterocycles. The van der Waals surface area contributed by atoms with Crippen LogP contribution in [0, 0.1) is 11.3 Å². The third-order valence-electron chi connectivity index (χ3n) is 24.7. The molecular weight excluding hydrogens is 1810 g/mol. The summed E-state index contributed by atoms with van der Waals surface area (Å²) in [6.07, 6.45) is 1.43. The topological polar surface area (TPSA) is 682 Å². The SMILES string of the molecule is CCCC[C@H]1C(=O)N(C)[C@@H](CCCC)C(=O)N[C@@H](CCCNC(=N)N)C(=O)NC(C(=O)NCC(N)=O)CSCC(=O)N[C@@H](Cc2ccc(O)cc2)C(=O)N(C)[C@@H](C)C(=O)N[C@@H](CC(N)=O)C(=O)N2C[C@H](O)C[C@H]2C(=O)N[C@@H](Cc2cnc[nH]2)C(=O)N[C@@H](CCC(C)C)C(=O)N2C[C@H](O)C[C@H]2C(=O)N[C@@H](Cc2c[nH]c3ccccc23)C(=O)N[C@@H](CO)C(=O)N[C@@H](Cc2c[nH]c3ccccc23)C(=O)N1C. The second kappa shape index (κ2) is 51.4. The molecule has 3 fully saturated rings. The number of H-pyrrole nitrogens is 3. The molecule has 6 heterocycles. The number of nitrogens with zero attached hydrogens (tertiary/aromatic N) is 6. The van der Waals surface area contributed by atoms with Gasteiger partial charge in [-0.3, -0.25) is 86.9 Å². The van der Waals surface area contributed by atoms with Crippen molar-refractivity contribution >= 4 is 140 Å². The van der Waals surface area contributed by atoms with Gasteiger partial charge >= 0.3 is 0 Å². The Morgan fingerprint density at radius 3 is 1.57 bits per heavy atom. The average molecular weight is 1940 g/mol. The van der Waals surface area contributed by atoms with Gasteiger partial charge in [0.1, 0.15) is 90.3 Å². The molecule has 1 unspecified atom stereocenters. The first-order valence-corrected chi connectivity index (χ1v) is 47.3. The number of likely N-dealkylation sites (N-methyl/N-ethyl adjacent to an activating group) is 3. The van der Waals surface area contributed by atoms with E-state index in [9.17, 15) is 63.6 Å². The standard InChI is InChI=1S/C92H130N24O21S/c1-9-11-23-71-84(130)104-62(22-17-31-98-92(95)96)80(126)111-70(79(125)101-42-76(94)122)46-138-47-77(123)103-66(32-51-26-28-55(118)29-27-51)87(133)112(6)50(5)78(124)108-68(38-75(93)121)90(136)116-44-57(120)37-74(116)86(132)107-65(35-54-41-97-48-102-54)82(128)105-63(30-25-49(3)4)89(135)115-43-56(119)36-73(115)85(131)106-64(33-52-39-99-60-20-15-13-18-58(52)60)81(127)110-69(45-117)83(129)109-67(34-53-40-100-61-21-16-14-19-59(53)61)88(134)114(8)72(24-12-10-2)91(137)113(71)7/h13-16,18-21,26-29,39-41,48-50,56-57,62-74,99-100,117-120H,9-12,17,22-25,30-38,42-47H2,1-8H3,(H2,93,121)(H2,94,122)(H,97,102)(H,101,125)(H,103,123)(H,104,130)(H,105,128)(H,106,131)(H,107,132)(H,108,124)(H,109,129)(H,110,127)(H,111,126)(H4,95,96,98)/t50-,56+,57+,62-,63-,64-,65-,66-,67-,68-,69-,70?,71-,72-,73-,74-/m0/s1. The molecule has 0 saturated carbocycles. The summed E-state index contributed by atoms with van der Waals surface area (Å²) in [5.41, 5.74) is 19.6. The van der Waals surface area contributed by atoms with Crippen molar-refractivity contribution in [2.45, 2.75) is 241 Å². The highest BCUT2D eigenvalue weighted by molar-refractivity contribution is 8.00. The highest BCUT2D eigenvalue weighted by atomic mass is 32.2. The van der Waals surface area contributed by atoms with E-state index in [0.717, 1.165) is 36.3 Å². The maximum atomic E-state index is 15.8. The zero-order valence-corrected chi connectivity index (χ0v) is 79.4. The molecule has 3 aliphatic rings. The molecule has 9 rings (SSSR count). The van der Waals surface area contributed by atoms with Gasteiger partial charge in [0.2, 0.25) is 100 Å². The van der Waals surface area contributed by atoms with Gasteiger partial charge in [-0.2, -0.15) is 0 Å². The minimum absolute atomic E-state index is 0.0194. The van der Waals surface area contributed by atoms with Crippen molar-refractivity contribution < 1.29 is 102 Å². The van der Waals surface area contributed by atoms with Crippen LogP contribution in [0.5, 0.6) is 5.75 Å². The van der Waals surface area contributed by atoms with Gasteiger partial charge in [-0.1, -0.05) is 102 Å². The van der Waals surface area contributed by atoms with Gasteiger partial charge in [0.05, 0.1) is 43.9 Å². The number of aromatic hydroxyl groups is 1. The largest absolute Gasteiger partial charge is 0.508 e. The second-order valence-corrected chi connectivity index (χ2v) is 36.6. The van der Waals surface area contributed by atoms with E-state index in [1.54, 1.807) is 60.9 Å². The number of rotatable bonds is 27. The molecule has 3 saturated heterocycles. The molecule has 750 valence electrons. The lowest BCUT2D eigenvalue weighted by Gasteiger charge is -2.36. The van der Waals surface area contributed by atoms with Crippen molar-refractivity contribution in [2.75, 3.05) is 65.4 Å². The Morgan fingerprint density at radius 1 is 0.522 bits per heavy atom. The lowest BCUT2D eigenvalue weighted by molar-refractivity contribution is -0.149. The lowest BCUT2D eigenvalue weighted by atomic mass is 10.00. The predicted octanol–water partition coefficient (Wildman–Crippen LogP) is -3.57. The number of hydrogen-bond donors (Lipinski definition) is 22. The number of nitrogens with two attached hydrogens (primary N) is 3. The van der Waals surface area contributed by atoms with Gasteiger partial charge < -0.3 is 136 Å². The fourth-order valence-corrected chi connectivity index (χ4v) is 17.7. The number of aliphatic hydroxyl groups is 3. The van der Waals surface area contributed by atoms with Crippen LogP contribution in [0.2, 0.25) is 0 Å². The number of para-hydroxylation sites is 2. The van der Waals surface area contributed by atoms with Crippen LogP contribution in [0.15, 0.2) is 97.7 Å². The van der Waals surface area contributed by atoms with E-state index in [4.69, 9.17) is 22.6 Å². The fraction of sp³-hybridized carbons (Fsp3) is 0.533. The van der Waals surface area contributed by atoms with E-state index in [2.05, 4.69) is 78.4 Å². The summed E-state index contributed by atoms with van der Waals surface area (Å²) in [5, 5.41) is 82.3. The fourth-order valence-electron chi connectivity index (χ4n) is 16.9. The molecular formula is C92H130N24O21S. The number of aliphatic hydroxyl groups excluding tert-OH is 3. The van der Waals surface area contributed by atoms with E-state index >= 15 is 38.4 Å². The van der Waals surface area contributed by atoms with Gasteiger partial charge in [-0.15, -0.1) is 11.8 Å². The van der Waals surface area contributed by atoms with E-state index in [0.29, 0.717) is 64.2 Å². The van der Waals surface area contributed by atoms with Gasteiger partial charge in [0.15, 0.2) is 5.96 Å². The molecule has 0 radical (unpaired) electrons. The quantitative estimate of drug-likeness (QED) is 0.0135. The molecule has 16 atom stereocenters. The number of phenols is 1. The number of primary amides is 2. The van der Waals surface area contributed by atoms with E-state index < -0.39 is 260 Å². The normalized spacial score (nSPS) is 25.0. The number of guanidine groups is 1. The Hall–Kier alpha value is -13.8. The summed E-state index contributed by atoms with van der Waals surface area (Å²) < 4.78 is 0. The third-order valence-corrected chi connectivity index (χ3v) is 25.7. The van der Waals surface area contributed by atoms with Gasteiger partial charge in [0, 0.05) is 131 Å². The zero-order chi connectivity index (χ0) is 101. The molecule has 0 bridgehead atoms. The van der Waals surface area contributed by atoms with Crippen molar-refractivity contribution in [1.82, 2.24) is 103 Å². The third kappa shape index (κ3) is 30.1. The van der Waals surface area contributed by atoms with Gasteiger partial charge in [-0.05, 0) is 92.3 Å². The minimum Gasteiger partial charge on any atom is -0.508 e. The number of amides is 17. The average Bonchev–Trinajstić information content (AvgIpc) is 1.58. The maximum absolute atomic E-state index is 15.8. The number of carbonyl (C=O) groups excluding carboxylic acids is 17. The summed E-state index contributed by atoms with van der Waals surface area (Å²) in [4.78, 5) is 270. The Bertz CT molecular complexity index is 5310. The first-order chi connectivity index (χ1) is 65.7. The summed E-state index contributed by atoms with van der Waals surface area (Å²) in [5.74, 6) is -18.6. The molecule has 45 nitrogen and oxygen atoms in total. The first-order valence-electron chi connectivity index (χ1n) is 46.1. The number of unbranched alkanes of at least 4 members (excludes halogenated alkanes) is 2. The van der Waals surface area contributed by atoms with E-state index in [1.807, 2.05) is 27.7 Å². The van der Waals surface area contributed by atoms with Crippen molar-refractivity contribution in [3.8, 4) is 5.75 Å². The summed E-state index contributed by atoms with van der Waals surface area (Å²) in [7, 11) is 3.86.